The highest BCUT2D eigenvalue weighted by Crippen LogP contribution is 2.22. The molecule has 110 valence electrons. The SMILES string of the molecule is CCCC(OC(=O)C(O)c1ccccc1)SCC(=O)O. The highest BCUT2D eigenvalue weighted by Gasteiger charge is 2.23. The van der Waals surface area contributed by atoms with E-state index in [1.807, 2.05) is 6.92 Å². The molecule has 6 heteroatoms. The largest absolute Gasteiger partial charge is 0.481 e. The van der Waals surface area contributed by atoms with Gasteiger partial charge in [0, 0.05) is 0 Å². The van der Waals surface area contributed by atoms with Gasteiger partial charge in [-0.3, -0.25) is 4.79 Å². The second kappa shape index (κ2) is 8.60. The van der Waals surface area contributed by atoms with Crippen molar-refractivity contribution in [3.05, 3.63) is 35.9 Å². The zero-order chi connectivity index (χ0) is 15.0. The maximum Gasteiger partial charge on any atom is 0.340 e. The van der Waals surface area contributed by atoms with Crippen LogP contribution in [0.1, 0.15) is 31.4 Å². The van der Waals surface area contributed by atoms with E-state index in [0.29, 0.717) is 12.0 Å². The Morgan fingerprint density at radius 1 is 1.30 bits per heavy atom. The number of hydrogen-bond acceptors (Lipinski definition) is 5. The summed E-state index contributed by atoms with van der Waals surface area (Å²) in [5.74, 6) is -1.86. The van der Waals surface area contributed by atoms with Crippen LogP contribution >= 0.6 is 11.8 Å². The number of carboxylic acid groups (broad SMARTS) is 1. The van der Waals surface area contributed by atoms with Crippen LogP contribution in [0.2, 0.25) is 0 Å². The number of hydrogen-bond donors (Lipinski definition) is 2. The zero-order valence-corrected chi connectivity index (χ0v) is 12.0. The molecule has 0 radical (unpaired) electrons. The molecule has 20 heavy (non-hydrogen) atoms. The van der Waals surface area contributed by atoms with Gasteiger partial charge in [-0.1, -0.05) is 43.7 Å². The quantitative estimate of drug-likeness (QED) is 0.565. The fraction of sp³-hybridized carbons (Fsp3) is 0.429. The second-order valence-electron chi connectivity index (χ2n) is 4.17. The molecule has 5 nitrogen and oxygen atoms in total. The highest BCUT2D eigenvalue weighted by molar-refractivity contribution is 8.00. The first-order valence-corrected chi connectivity index (χ1v) is 7.36. The summed E-state index contributed by atoms with van der Waals surface area (Å²) < 4.78 is 5.17. The molecule has 0 fully saturated rings. The minimum atomic E-state index is -1.35. The number of ether oxygens (including phenoxy) is 1. The van der Waals surface area contributed by atoms with Gasteiger partial charge in [0.15, 0.2) is 6.10 Å². The van der Waals surface area contributed by atoms with Crippen LogP contribution in [-0.4, -0.2) is 33.3 Å². The van der Waals surface area contributed by atoms with Gasteiger partial charge in [-0.2, -0.15) is 0 Å². The Balaban J connectivity index is 2.58. The molecule has 0 spiro atoms. The molecule has 0 amide bonds. The zero-order valence-electron chi connectivity index (χ0n) is 11.2. The Kier molecular flexibility index (Phi) is 7.11. The van der Waals surface area contributed by atoms with E-state index in [1.54, 1.807) is 30.3 Å². The number of thioether (sulfide) groups is 1. The van der Waals surface area contributed by atoms with Gasteiger partial charge < -0.3 is 14.9 Å². The van der Waals surface area contributed by atoms with Gasteiger partial charge in [-0.15, -0.1) is 11.8 Å². The van der Waals surface area contributed by atoms with Crippen LogP contribution < -0.4 is 0 Å². The topological polar surface area (TPSA) is 83.8 Å². The first kappa shape index (κ1) is 16.5. The van der Waals surface area contributed by atoms with Gasteiger partial charge in [0.2, 0.25) is 0 Å². The Labute approximate surface area is 121 Å². The molecule has 2 unspecified atom stereocenters. The molecule has 0 aliphatic rings. The van der Waals surface area contributed by atoms with Gasteiger partial charge in [0.05, 0.1) is 5.75 Å². The van der Waals surface area contributed by atoms with Crippen molar-refractivity contribution in [1.82, 2.24) is 0 Å². The van der Waals surface area contributed by atoms with Crippen molar-refractivity contribution in [2.75, 3.05) is 5.75 Å². The first-order chi connectivity index (χ1) is 9.54. The summed E-state index contributed by atoms with van der Waals surface area (Å²) in [6.45, 7) is 1.91. The van der Waals surface area contributed by atoms with E-state index < -0.39 is 23.5 Å². The lowest BCUT2D eigenvalue weighted by Crippen LogP contribution is -2.22. The van der Waals surface area contributed by atoms with Crippen LogP contribution in [0.3, 0.4) is 0 Å². The summed E-state index contributed by atoms with van der Waals surface area (Å²) in [5.41, 5.74) is -0.0991. The Bertz CT molecular complexity index is 434. The Hall–Kier alpha value is -1.53. The maximum atomic E-state index is 11.8. The molecule has 0 bridgehead atoms. The Morgan fingerprint density at radius 3 is 2.50 bits per heavy atom. The fourth-order valence-electron chi connectivity index (χ4n) is 1.54. The molecule has 1 aromatic carbocycles. The van der Waals surface area contributed by atoms with Crippen molar-refractivity contribution in [2.45, 2.75) is 31.3 Å². The number of carboxylic acids is 1. The van der Waals surface area contributed by atoms with E-state index in [9.17, 15) is 14.7 Å². The van der Waals surface area contributed by atoms with Crippen LogP contribution in [0.4, 0.5) is 0 Å². The maximum absolute atomic E-state index is 11.8. The van der Waals surface area contributed by atoms with E-state index in [0.717, 1.165) is 18.2 Å². The molecular formula is C14H18O5S. The van der Waals surface area contributed by atoms with Crippen LogP contribution in [0, 0.1) is 0 Å². The number of carbonyl (C=O) groups excluding carboxylic acids is 1. The van der Waals surface area contributed by atoms with Crippen molar-refractivity contribution in [3.63, 3.8) is 0 Å². The molecule has 0 aromatic heterocycles. The molecule has 1 aromatic rings. The summed E-state index contributed by atoms with van der Waals surface area (Å²) in [4.78, 5) is 22.4. The van der Waals surface area contributed by atoms with Crippen LogP contribution in [-0.2, 0) is 14.3 Å². The summed E-state index contributed by atoms with van der Waals surface area (Å²) >= 11 is 1.04. The summed E-state index contributed by atoms with van der Waals surface area (Å²) in [5, 5.41) is 18.5. The number of aliphatic carboxylic acids is 1. The smallest absolute Gasteiger partial charge is 0.340 e. The number of carbonyl (C=O) groups is 2. The second-order valence-corrected chi connectivity index (χ2v) is 5.32. The highest BCUT2D eigenvalue weighted by atomic mass is 32.2. The van der Waals surface area contributed by atoms with Crippen LogP contribution in [0.15, 0.2) is 30.3 Å². The van der Waals surface area contributed by atoms with Crippen molar-refractivity contribution < 1.29 is 24.5 Å². The van der Waals surface area contributed by atoms with Gasteiger partial charge in [-0.25, -0.2) is 4.79 Å². The third-order valence-electron chi connectivity index (χ3n) is 2.50. The van der Waals surface area contributed by atoms with E-state index in [1.165, 1.54) is 0 Å². The average Bonchev–Trinajstić information content (AvgIpc) is 2.45. The molecule has 0 saturated heterocycles. The average molecular weight is 298 g/mol. The molecule has 0 aliphatic heterocycles. The summed E-state index contributed by atoms with van der Waals surface area (Å²) in [7, 11) is 0. The molecular weight excluding hydrogens is 280 g/mol. The normalized spacial score (nSPS) is 13.5. The number of aliphatic hydroxyl groups is 1. The molecule has 2 atom stereocenters. The first-order valence-electron chi connectivity index (χ1n) is 6.31. The molecule has 0 heterocycles. The number of rotatable bonds is 8. The Morgan fingerprint density at radius 2 is 1.95 bits per heavy atom. The minimum Gasteiger partial charge on any atom is -0.481 e. The lowest BCUT2D eigenvalue weighted by atomic mass is 10.1. The molecule has 1 rings (SSSR count). The predicted octanol–water partition coefficient (Wildman–Crippen LogP) is 2.21. The predicted molar refractivity (Wildman–Crippen MR) is 76.3 cm³/mol. The fourth-order valence-corrected chi connectivity index (χ4v) is 2.44. The molecule has 2 N–H and O–H groups in total. The third kappa shape index (κ3) is 5.63. The van der Waals surface area contributed by atoms with Gasteiger partial charge in [0.25, 0.3) is 0 Å². The summed E-state index contributed by atoms with van der Waals surface area (Å²) in [6, 6.07) is 8.48. The lowest BCUT2D eigenvalue weighted by molar-refractivity contribution is -0.155. The minimum absolute atomic E-state index is 0.140. The lowest BCUT2D eigenvalue weighted by Gasteiger charge is -2.18. The van der Waals surface area contributed by atoms with Gasteiger partial charge in [-0.05, 0) is 12.0 Å². The van der Waals surface area contributed by atoms with Crippen LogP contribution in [0.25, 0.3) is 0 Å². The van der Waals surface area contributed by atoms with Crippen molar-refractivity contribution in [2.24, 2.45) is 0 Å². The van der Waals surface area contributed by atoms with E-state index in [-0.39, 0.29) is 5.75 Å². The standard InChI is InChI=1S/C14H18O5S/c1-2-6-12(20-9-11(15)16)19-14(18)13(17)10-7-4-3-5-8-10/h3-5,7-8,12-13,17H,2,6,9H2,1H3,(H,15,16). The van der Waals surface area contributed by atoms with E-state index >= 15 is 0 Å². The number of esters is 1. The van der Waals surface area contributed by atoms with Crippen LogP contribution in [0.5, 0.6) is 0 Å². The molecule has 0 aliphatic carbocycles. The molecule has 0 saturated carbocycles. The third-order valence-corrected chi connectivity index (χ3v) is 3.62. The van der Waals surface area contributed by atoms with Gasteiger partial charge >= 0.3 is 11.9 Å². The van der Waals surface area contributed by atoms with Crippen molar-refractivity contribution in [3.8, 4) is 0 Å². The number of benzene rings is 1. The van der Waals surface area contributed by atoms with Crippen molar-refractivity contribution >= 4 is 23.7 Å². The number of aliphatic hydroxyl groups excluding tert-OH is 1. The van der Waals surface area contributed by atoms with Crippen molar-refractivity contribution in [1.29, 1.82) is 0 Å². The van der Waals surface area contributed by atoms with E-state index in [2.05, 4.69) is 0 Å². The monoisotopic (exact) mass is 298 g/mol. The van der Waals surface area contributed by atoms with E-state index in [4.69, 9.17) is 9.84 Å². The van der Waals surface area contributed by atoms with Gasteiger partial charge in [0.1, 0.15) is 5.44 Å². The summed E-state index contributed by atoms with van der Waals surface area (Å²) in [6.07, 6.45) is -0.0435.